The zero-order valence-corrected chi connectivity index (χ0v) is 18.2. The molecule has 0 aliphatic carbocycles. The van der Waals surface area contributed by atoms with Gasteiger partial charge in [-0.2, -0.15) is 4.31 Å². The molecule has 0 radical (unpaired) electrons. The standard InChI is InChI=1S/C18H24N4O6S2/c1-3-21(4-2)30(27,28)16-8-9-17(18(11-16)22(23)24)20-12-14-6-5-7-15(10-14)13-29(19,25)26/h5-11,20H,3-4,12-13H2,1-2H3,(H2,19,25,26). The van der Waals surface area contributed by atoms with Gasteiger partial charge in [-0.15, -0.1) is 0 Å². The number of primary sulfonamides is 1. The summed E-state index contributed by atoms with van der Waals surface area (Å²) in [6.45, 7) is 4.05. The molecular weight excluding hydrogens is 432 g/mol. The average molecular weight is 457 g/mol. The Hall–Kier alpha value is -2.54. The van der Waals surface area contributed by atoms with E-state index in [4.69, 9.17) is 5.14 Å². The molecule has 0 unspecified atom stereocenters. The van der Waals surface area contributed by atoms with Crippen molar-refractivity contribution in [2.45, 2.75) is 31.0 Å². The Morgan fingerprint density at radius 2 is 1.67 bits per heavy atom. The van der Waals surface area contributed by atoms with E-state index in [2.05, 4.69) is 5.32 Å². The van der Waals surface area contributed by atoms with Crippen molar-refractivity contribution < 1.29 is 21.8 Å². The second-order valence-corrected chi connectivity index (χ2v) is 10.1. The number of anilines is 1. The van der Waals surface area contributed by atoms with Crippen LogP contribution >= 0.6 is 0 Å². The Kier molecular flexibility index (Phi) is 7.53. The predicted molar refractivity (Wildman–Crippen MR) is 114 cm³/mol. The van der Waals surface area contributed by atoms with Gasteiger partial charge in [-0.3, -0.25) is 10.1 Å². The first-order valence-electron chi connectivity index (χ1n) is 9.08. The van der Waals surface area contributed by atoms with E-state index in [0.717, 1.165) is 6.07 Å². The molecule has 12 heteroatoms. The monoisotopic (exact) mass is 456 g/mol. The maximum Gasteiger partial charge on any atom is 0.293 e. The van der Waals surface area contributed by atoms with Crippen molar-refractivity contribution in [3.63, 3.8) is 0 Å². The molecule has 10 nitrogen and oxygen atoms in total. The molecule has 0 aliphatic heterocycles. The highest BCUT2D eigenvalue weighted by molar-refractivity contribution is 7.89. The summed E-state index contributed by atoms with van der Waals surface area (Å²) in [5.74, 6) is -0.321. The van der Waals surface area contributed by atoms with Gasteiger partial charge in [0.15, 0.2) is 0 Å². The summed E-state index contributed by atoms with van der Waals surface area (Å²) in [6, 6.07) is 10.3. The number of nitro groups is 1. The Labute approximate surface area is 176 Å². The maximum absolute atomic E-state index is 12.6. The van der Waals surface area contributed by atoms with Crippen molar-refractivity contribution in [2.24, 2.45) is 5.14 Å². The fourth-order valence-electron chi connectivity index (χ4n) is 2.94. The minimum Gasteiger partial charge on any atom is -0.375 e. The molecule has 0 saturated heterocycles. The minimum absolute atomic E-state index is 0.148. The molecule has 30 heavy (non-hydrogen) atoms. The number of nitrogens with zero attached hydrogens (tertiary/aromatic N) is 2. The number of rotatable bonds is 10. The number of hydrogen-bond acceptors (Lipinski definition) is 7. The summed E-state index contributed by atoms with van der Waals surface area (Å²) in [6.07, 6.45) is 0. The molecule has 3 N–H and O–H groups in total. The summed E-state index contributed by atoms with van der Waals surface area (Å²) in [4.78, 5) is 10.7. The van der Waals surface area contributed by atoms with Crippen LogP contribution in [0.25, 0.3) is 0 Å². The zero-order valence-electron chi connectivity index (χ0n) is 16.6. The van der Waals surface area contributed by atoms with E-state index in [1.165, 1.54) is 16.4 Å². The number of hydrogen-bond donors (Lipinski definition) is 2. The largest absolute Gasteiger partial charge is 0.375 e. The molecular formula is C18H24N4O6S2. The number of benzene rings is 2. The summed E-state index contributed by atoms with van der Waals surface area (Å²) >= 11 is 0. The SMILES string of the molecule is CCN(CC)S(=O)(=O)c1ccc(NCc2cccc(CS(N)(=O)=O)c2)c([N+](=O)[O-])c1. The molecule has 164 valence electrons. The summed E-state index contributed by atoms with van der Waals surface area (Å²) in [7, 11) is -7.51. The van der Waals surface area contributed by atoms with Gasteiger partial charge < -0.3 is 5.32 Å². The number of nitro benzene ring substituents is 1. The molecule has 0 bridgehead atoms. The lowest BCUT2D eigenvalue weighted by Gasteiger charge is -2.18. The molecule has 0 aliphatic rings. The van der Waals surface area contributed by atoms with Gasteiger partial charge in [0.25, 0.3) is 5.69 Å². The van der Waals surface area contributed by atoms with Crippen LogP contribution in [-0.2, 0) is 32.3 Å². The lowest BCUT2D eigenvalue weighted by Crippen LogP contribution is -2.30. The summed E-state index contributed by atoms with van der Waals surface area (Å²) in [5.41, 5.74) is 0.955. The van der Waals surface area contributed by atoms with Gasteiger partial charge in [0.2, 0.25) is 20.0 Å². The van der Waals surface area contributed by atoms with Gasteiger partial charge in [-0.1, -0.05) is 38.1 Å². The smallest absolute Gasteiger partial charge is 0.293 e. The Balaban J connectivity index is 2.29. The van der Waals surface area contributed by atoms with Gasteiger partial charge in [0, 0.05) is 25.7 Å². The van der Waals surface area contributed by atoms with E-state index in [1.54, 1.807) is 38.1 Å². The van der Waals surface area contributed by atoms with E-state index >= 15 is 0 Å². The first-order chi connectivity index (χ1) is 14.0. The van der Waals surface area contributed by atoms with Gasteiger partial charge >= 0.3 is 0 Å². The third-order valence-corrected chi connectivity index (χ3v) is 7.13. The van der Waals surface area contributed by atoms with E-state index in [0.29, 0.717) is 11.1 Å². The van der Waals surface area contributed by atoms with Crippen molar-refractivity contribution in [3.05, 3.63) is 63.7 Å². The summed E-state index contributed by atoms with van der Waals surface area (Å²) < 4.78 is 49.0. The van der Waals surface area contributed by atoms with Gasteiger partial charge in [-0.05, 0) is 23.3 Å². The zero-order chi connectivity index (χ0) is 22.5. The first kappa shape index (κ1) is 23.7. The third kappa shape index (κ3) is 5.98. The van der Waals surface area contributed by atoms with Gasteiger partial charge in [0.1, 0.15) is 5.69 Å². The molecule has 0 saturated carbocycles. The lowest BCUT2D eigenvalue weighted by molar-refractivity contribution is -0.384. The Morgan fingerprint density at radius 1 is 1.03 bits per heavy atom. The Bertz CT molecular complexity index is 1130. The van der Waals surface area contributed by atoms with Crippen LogP contribution in [0.1, 0.15) is 25.0 Å². The van der Waals surface area contributed by atoms with Crippen LogP contribution in [0.5, 0.6) is 0 Å². The number of nitrogens with one attached hydrogen (secondary N) is 1. The third-order valence-electron chi connectivity index (χ3n) is 4.35. The molecule has 0 amide bonds. The average Bonchev–Trinajstić information content (AvgIpc) is 2.65. The van der Waals surface area contributed by atoms with Crippen LogP contribution in [0.2, 0.25) is 0 Å². The first-order valence-corrected chi connectivity index (χ1v) is 12.2. The predicted octanol–water partition coefficient (Wildman–Crippen LogP) is 2.03. The quantitative estimate of drug-likeness (QED) is 0.410. The van der Waals surface area contributed by atoms with Gasteiger partial charge in [0.05, 0.1) is 15.6 Å². The molecule has 2 aromatic rings. The second kappa shape index (κ2) is 9.51. The van der Waals surface area contributed by atoms with Crippen molar-refractivity contribution in [2.75, 3.05) is 18.4 Å². The van der Waals surface area contributed by atoms with Crippen LogP contribution < -0.4 is 10.5 Å². The molecule has 2 rings (SSSR count). The fraction of sp³-hybridized carbons (Fsp3) is 0.333. The Morgan fingerprint density at radius 3 is 2.23 bits per heavy atom. The van der Waals surface area contributed by atoms with Crippen molar-refractivity contribution in [3.8, 4) is 0 Å². The van der Waals surface area contributed by atoms with E-state index in [9.17, 15) is 26.9 Å². The lowest BCUT2D eigenvalue weighted by atomic mass is 10.1. The minimum atomic E-state index is -3.83. The second-order valence-electron chi connectivity index (χ2n) is 6.51. The molecule has 0 aromatic heterocycles. The van der Waals surface area contributed by atoms with Crippen LogP contribution in [0, 0.1) is 10.1 Å². The highest BCUT2D eigenvalue weighted by atomic mass is 32.2. The van der Waals surface area contributed by atoms with Crippen LogP contribution in [0.3, 0.4) is 0 Å². The normalized spacial score (nSPS) is 12.1. The molecule has 0 fully saturated rings. The highest BCUT2D eigenvalue weighted by Gasteiger charge is 2.25. The fourth-order valence-corrected chi connectivity index (χ4v) is 5.07. The van der Waals surface area contributed by atoms with Crippen LogP contribution in [0.4, 0.5) is 11.4 Å². The van der Waals surface area contributed by atoms with Crippen molar-refractivity contribution in [1.29, 1.82) is 0 Å². The van der Waals surface area contributed by atoms with Gasteiger partial charge in [-0.25, -0.2) is 22.0 Å². The maximum atomic E-state index is 12.6. The van der Waals surface area contributed by atoms with Crippen molar-refractivity contribution >= 4 is 31.4 Å². The van der Waals surface area contributed by atoms with E-state index in [-0.39, 0.29) is 41.7 Å². The number of nitrogens with two attached hydrogens (primary N) is 1. The highest BCUT2D eigenvalue weighted by Crippen LogP contribution is 2.29. The molecule has 2 aromatic carbocycles. The van der Waals surface area contributed by atoms with Crippen molar-refractivity contribution in [1.82, 2.24) is 4.31 Å². The number of sulfonamides is 2. The molecule has 0 atom stereocenters. The van der Waals surface area contributed by atoms with E-state index < -0.39 is 25.0 Å². The molecule has 0 spiro atoms. The summed E-state index contributed by atoms with van der Waals surface area (Å²) in [5, 5.41) is 19.5. The molecule has 0 heterocycles. The topological polar surface area (TPSA) is 153 Å². The van der Waals surface area contributed by atoms with E-state index in [1.807, 2.05) is 0 Å². The van der Waals surface area contributed by atoms with Crippen LogP contribution in [0.15, 0.2) is 47.4 Å². The van der Waals surface area contributed by atoms with Crippen LogP contribution in [-0.4, -0.2) is 39.2 Å².